The molecule has 6 nitrogen and oxygen atoms in total. The van der Waals surface area contributed by atoms with Crippen molar-refractivity contribution in [2.24, 2.45) is 0 Å². The lowest BCUT2D eigenvalue weighted by Crippen LogP contribution is -2.24. The van der Waals surface area contributed by atoms with Gasteiger partial charge in [-0.15, -0.1) is 0 Å². The molecule has 0 radical (unpaired) electrons. The molecule has 150 valence electrons. The molecule has 1 amide bonds. The molecule has 1 aliphatic heterocycles. The zero-order valence-electron chi connectivity index (χ0n) is 17.2. The predicted molar refractivity (Wildman–Crippen MR) is 111 cm³/mol. The van der Waals surface area contributed by atoms with Crippen LogP contribution in [0.3, 0.4) is 0 Å². The van der Waals surface area contributed by atoms with Crippen LogP contribution in [0.5, 0.6) is 5.75 Å². The summed E-state index contributed by atoms with van der Waals surface area (Å²) in [6.45, 7) is 8.64. The highest BCUT2D eigenvalue weighted by Gasteiger charge is 2.35. The van der Waals surface area contributed by atoms with Gasteiger partial charge in [-0.1, -0.05) is 11.2 Å². The summed E-state index contributed by atoms with van der Waals surface area (Å²) in [7, 11) is 0. The van der Waals surface area contributed by atoms with E-state index in [4.69, 9.17) is 9.26 Å². The third-order valence-electron chi connectivity index (χ3n) is 5.20. The summed E-state index contributed by atoms with van der Waals surface area (Å²) in [6, 6.07) is 13.7. The van der Waals surface area contributed by atoms with Crippen molar-refractivity contribution < 1.29 is 14.1 Å². The Bertz CT molecular complexity index is 1020. The fourth-order valence-corrected chi connectivity index (χ4v) is 3.49. The van der Waals surface area contributed by atoms with Gasteiger partial charge in [0.05, 0.1) is 12.0 Å². The number of carbonyl (C=O) groups is 1. The van der Waals surface area contributed by atoms with Gasteiger partial charge in [-0.25, -0.2) is 0 Å². The highest BCUT2D eigenvalue weighted by atomic mass is 16.5. The minimum absolute atomic E-state index is 0.0770. The van der Waals surface area contributed by atoms with E-state index < -0.39 is 0 Å². The van der Waals surface area contributed by atoms with E-state index in [1.54, 1.807) is 4.90 Å². The summed E-state index contributed by atoms with van der Waals surface area (Å²) in [6.07, 6.45) is 0.494. The highest BCUT2D eigenvalue weighted by Crippen LogP contribution is 2.33. The zero-order valence-corrected chi connectivity index (χ0v) is 17.2. The van der Waals surface area contributed by atoms with Crippen molar-refractivity contribution in [3.05, 3.63) is 59.5 Å². The van der Waals surface area contributed by atoms with Gasteiger partial charge < -0.3 is 14.2 Å². The van der Waals surface area contributed by atoms with Crippen molar-refractivity contribution in [3.63, 3.8) is 0 Å². The number of anilines is 1. The SMILES string of the molecule is Cc1ccc(N2C[C@H](c3nc(-c4ccc(OC(C)C)cc4)no3)CC2=O)cc1C. The van der Waals surface area contributed by atoms with Crippen LogP contribution >= 0.6 is 0 Å². The third-order valence-corrected chi connectivity index (χ3v) is 5.20. The Morgan fingerprint density at radius 2 is 1.86 bits per heavy atom. The summed E-state index contributed by atoms with van der Waals surface area (Å²) in [5.74, 6) is 1.80. The van der Waals surface area contributed by atoms with E-state index in [1.165, 1.54) is 11.1 Å². The molecule has 6 heteroatoms. The number of benzene rings is 2. The average molecular weight is 391 g/mol. The van der Waals surface area contributed by atoms with Crippen molar-refractivity contribution >= 4 is 11.6 Å². The average Bonchev–Trinajstić information content (AvgIpc) is 3.31. The molecule has 2 aromatic carbocycles. The summed E-state index contributed by atoms with van der Waals surface area (Å²) in [4.78, 5) is 18.9. The fourth-order valence-electron chi connectivity index (χ4n) is 3.49. The Kier molecular flexibility index (Phi) is 5.09. The molecule has 0 bridgehead atoms. The van der Waals surface area contributed by atoms with Crippen LogP contribution < -0.4 is 9.64 Å². The van der Waals surface area contributed by atoms with Crippen LogP contribution in [-0.2, 0) is 4.79 Å². The van der Waals surface area contributed by atoms with Gasteiger partial charge in [0.25, 0.3) is 0 Å². The van der Waals surface area contributed by atoms with Crippen LogP contribution in [0.1, 0.15) is 43.2 Å². The van der Waals surface area contributed by atoms with E-state index in [0.717, 1.165) is 17.0 Å². The predicted octanol–water partition coefficient (Wildman–Crippen LogP) is 4.66. The van der Waals surface area contributed by atoms with E-state index in [-0.39, 0.29) is 17.9 Å². The molecule has 29 heavy (non-hydrogen) atoms. The molecule has 4 rings (SSSR count). The van der Waals surface area contributed by atoms with Crippen LogP contribution in [0.15, 0.2) is 47.0 Å². The van der Waals surface area contributed by atoms with Crippen LogP contribution in [0.4, 0.5) is 5.69 Å². The number of hydrogen-bond acceptors (Lipinski definition) is 5. The normalized spacial score (nSPS) is 16.7. The van der Waals surface area contributed by atoms with E-state index in [2.05, 4.69) is 30.1 Å². The molecule has 1 aliphatic rings. The summed E-state index contributed by atoms with van der Waals surface area (Å²) >= 11 is 0. The van der Waals surface area contributed by atoms with Crippen LogP contribution in [0.2, 0.25) is 0 Å². The number of rotatable bonds is 5. The lowest BCUT2D eigenvalue weighted by molar-refractivity contribution is -0.117. The van der Waals surface area contributed by atoms with E-state index in [1.807, 2.05) is 50.2 Å². The minimum atomic E-state index is -0.103. The maximum Gasteiger partial charge on any atom is 0.232 e. The number of aryl methyl sites for hydroxylation is 2. The van der Waals surface area contributed by atoms with Crippen molar-refractivity contribution in [2.45, 2.75) is 46.1 Å². The summed E-state index contributed by atoms with van der Waals surface area (Å²) < 4.78 is 11.2. The van der Waals surface area contributed by atoms with Gasteiger partial charge in [0.2, 0.25) is 17.6 Å². The Hall–Kier alpha value is -3.15. The van der Waals surface area contributed by atoms with Gasteiger partial charge in [-0.2, -0.15) is 4.98 Å². The Labute approximate surface area is 170 Å². The van der Waals surface area contributed by atoms with Crippen molar-refractivity contribution in [3.8, 4) is 17.1 Å². The van der Waals surface area contributed by atoms with Gasteiger partial charge in [0, 0.05) is 24.2 Å². The number of nitrogens with zero attached hydrogens (tertiary/aromatic N) is 3. The summed E-state index contributed by atoms with van der Waals surface area (Å²) in [5, 5.41) is 4.11. The Balaban J connectivity index is 1.49. The van der Waals surface area contributed by atoms with Gasteiger partial charge in [-0.3, -0.25) is 4.79 Å². The molecule has 0 unspecified atom stereocenters. The first-order valence-corrected chi connectivity index (χ1v) is 9.89. The first kappa shape index (κ1) is 19.2. The molecule has 1 atom stereocenters. The lowest BCUT2D eigenvalue weighted by atomic mass is 10.1. The van der Waals surface area contributed by atoms with Gasteiger partial charge in [0.15, 0.2) is 0 Å². The quantitative estimate of drug-likeness (QED) is 0.633. The molecule has 0 N–H and O–H groups in total. The van der Waals surface area contributed by atoms with E-state index in [0.29, 0.717) is 24.7 Å². The van der Waals surface area contributed by atoms with Crippen LogP contribution in [-0.4, -0.2) is 28.7 Å². The largest absolute Gasteiger partial charge is 0.491 e. The number of carbonyl (C=O) groups excluding carboxylic acids is 1. The monoisotopic (exact) mass is 391 g/mol. The number of amides is 1. The van der Waals surface area contributed by atoms with Crippen molar-refractivity contribution in [2.75, 3.05) is 11.4 Å². The zero-order chi connectivity index (χ0) is 20.5. The Morgan fingerprint density at radius 1 is 1.10 bits per heavy atom. The molecule has 1 fully saturated rings. The van der Waals surface area contributed by atoms with Crippen LogP contribution in [0, 0.1) is 13.8 Å². The number of ether oxygens (including phenoxy) is 1. The fraction of sp³-hybridized carbons (Fsp3) is 0.348. The number of aromatic nitrogens is 2. The standard InChI is InChI=1S/C23H25N3O3/c1-14(2)28-20-9-6-17(7-10-20)22-24-23(29-25-22)18-12-21(27)26(13-18)19-8-5-15(3)16(4)11-19/h5-11,14,18H,12-13H2,1-4H3/t18-/m1/s1. The second-order valence-corrected chi connectivity index (χ2v) is 7.82. The first-order chi connectivity index (χ1) is 13.9. The molecule has 0 saturated carbocycles. The molecular formula is C23H25N3O3. The lowest BCUT2D eigenvalue weighted by Gasteiger charge is -2.17. The van der Waals surface area contributed by atoms with E-state index >= 15 is 0 Å². The maximum atomic E-state index is 12.6. The van der Waals surface area contributed by atoms with E-state index in [9.17, 15) is 4.79 Å². The Morgan fingerprint density at radius 3 is 2.55 bits per heavy atom. The molecule has 0 spiro atoms. The molecule has 2 heterocycles. The molecule has 1 saturated heterocycles. The molecule has 0 aliphatic carbocycles. The van der Waals surface area contributed by atoms with Crippen molar-refractivity contribution in [1.29, 1.82) is 0 Å². The third kappa shape index (κ3) is 4.01. The maximum absolute atomic E-state index is 12.6. The molecular weight excluding hydrogens is 366 g/mol. The topological polar surface area (TPSA) is 68.5 Å². The molecule has 1 aromatic heterocycles. The summed E-state index contributed by atoms with van der Waals surface area (Å²) in [5.41, 5.74) is 4.15. The van der Waals surface area contributed by atoms with Gasteiger partial charge >= 0.3 is 0 Å². The second-order valence-electron chi connectivity index (χ2n) is 7.82. The molecule has 3 aromatic rings. The minimum Gasteiger partial charge on any atom is -0.491 e. The first-order valence-electron chi connectivity index (χ1n) is 9.89. The second kappa shape index (κ2) is 7.70. The highest BCUT2D eigenvalue weighted by molar-refractivity contribution is 5.96. The van der Waals surface area contributed by atoms with Gasteiger partial charge in [0.1, 0.15) is 5.75 Å². The smallest absolute Gasteiger partial charge is 0.232 e. The van der Waals surface area contributed by atoms with Crippen molar-refractivity contribution in [1.82, 2.24) is 10.1 Å². The number of hydrogen-bond donors (Lipinski definition) is 0. The van der Waals surface area contributed by atoms with Crippen LogP contribution in [0.25, 0.3) is 11.4 Å². The van der Waals surface area contributed by atoms with Gasteiger partial charge in [-0.05, 0) is 75.2 Å².